The number of carbonyl (C=O) groups is 1. The van der Waals surface area contributed by atoms with E-state index in [1.165, 1.54) is 12.7 Å². The predicted molar refractivity (Wildman–Crippen MR) is 108 cm³/mol. The molecule has 28 heavy (non-hydrogen) atoms. The van der Waals surface area contributed by atoms with Crippen LogP contribution >= 0.6 is 0 Å². The Morgan fingerprint density at radius 3 is 2.46 bits per heavy atom. The molecule has 148 valence electrons. The first kappa shape index (κ1) is 21.3. The molecule has 0 aliphatic carbocycles. The Balaban J connectivity index is 1.93. The highest BCUT2D eigenvalue weighted by Gasteiger charge is 2.16. The largest absolute Gasteiger partial charge is 0.493 e. The fraction of sp³-hybridized carbons (Fsp3) is 0.364. The molecule has 0 radical (unpaired) electrons. The molecule has 0 aliphatic heterocycles. The van der Waals surface area contributed by atoms with Crippen molar-refractivity contribution in [2.75, 3.05) is 34.4 Å². The number of methoxy groups -OCH3 is 1. The second kappa shape index (κ2) is 10.3. The van der Waals surface area contributed by atoms with Crippen molar-refractivity contribution in [3.8, 4) is 17.6 Å². The molecule has 0 bridgehead atoms. The van der Waals surface area contributed by atoms with Crippen LogP contribution in [0.5, 0.6) is 11.5 Å². The lowest BCUT2D eigenvalue weighted by molar-refractivity contribution is -0.123. The summed E-state index contributed by atoms with van der Waals surface area (Å²) in [6.07, 6.45) is 1.000. The fourth-order valence-electron chi connectivity index (χ4n) is 2.84. The lowest BCUT2D eigenvalue weighted by Gasteiger charge is -2.25. The topological polar surface area (TPSA) is 74.6 Å². The summed E-state index contributed by atoms with van der Waals surface area (Å²) in [6.45, 7) is 2.48. The predicted octanol–water partition coefficient (Wildman–Crippen LogP) is 2.93. The van der Waals surface area contributed by atoms with E-state index in [1.54, 1.807) is 18.2 Å². The van der Waals surface area contributed by atoms with Gasteiger partial charge in [0.25, 0.3) is 5.91 Å². The summed E-state index contributed by atoms with van der Waals surface area (Å²) in [5, 5.41) is 11.9. The number of nitrogens with one attached hydrogen (secondary N) is 1. The third-order valence-corrected chi connectivity index (χ3v) is 4.54. The molecule has 0 saturated heterocycles. The van der Waals surface area contributed by atoms with E-state index in [4.69, 9.17) is 14.7 Å². The van der Waals surface area contributed by atoms with Gasteiger partial charge in [0, 0.05) is 12.6 Å². The second-order valence-electron chi connectivity index (χ2n) is 6.64. The normalized spacial score (nSPS) is 11.6. The molecule has 6 nitrogen and oxygen atoms in total. The molecule has 1 N–H and O–H groups in total. The zero-order chi connectivity index (χ0) is 20.5. The molecule has 1 atom stereocenters. The average Bonchev–Trinajstić information content (AvgIpc) is 2.72. The van der Waals surface area contributed by atoms with Gasteiger partial charge in [0.1, 0.15) is 0 Å². The van der Waals surface area contributed by atoms with E-state index >= 15 is 0 Å². The number of carbonyl (C=O) groups excluding carboxylic acids is 1. The van der Waals surface area contributed by atoms with Gasteiger partial charge in [-0.25, -0.2) is 0 Å². The summed E-state index contributed by atoms with van der Waals surface area (Å²) in [6, 6.07) is 15.4. The number of nitriles is 1. The summed E-state index contributed by atoms with van der Waals surface area (Å²) in [5.41, 5.74) is 2.91. The summed E-state index contributed by atoms with van der Waals surface area (Å²) < 4.78 is 10.8. The van der Waals surface area contributed by atoms with Crippen molar-refractivity contribution in [1.29, 1.82) is 5.26 Å². The molecule has 2 aromatic carbocycles. The molecule has 0 saturated carbocycles. The minimum absolute atomic E-state index is 0.0688. The van der Waals surface area contributed by atoms with Crippen LogP contribution in [0.2, 0.25) is 0 Å². The Labute approximate surface area is 166 Å². The smallest absolute Gasteiger partial charge is 0.258 e. The monoisotopic (exact) mass is 381 g/mol. The van der Waals surface area contributed by atoms with Crippen molar-refractivity contribution in [2.45, 2.75) is 19.4 Å². The van der Waals surface area contributed by atoms with E-state index in [-0.39, 0.29) is 18.6 Å². The van der Waals surface area contributed by atoms with Crippen LogP contribution in [0.15, 0.2) is 42.5 Å². The highest BCUT2D eigenvalue weighted by molar-refractivity contribution is 5.77. The lowest BCUT2D eigenvalue weighted by Crippen LogP contribution is -2.36. The first-order chi connectivity index (χ1) is 13.5. The fourth-order valence-corrected chi connectivity index (χ4v) is 2.84. The minimum atomic E-state index is -0.219. The van der Waals surface area contributed by atoms with Gasteiger partial charge in [-0.3, -0.25) is 4.79 Å². The molecule has 1 amide bonds. The number of likely N-dealkylation sites (N-methyl/N-ethyl adjacent to an activating group) is 1. The van der Waals surface area contributed by atoms with Gasteiger partial charge >= 0.3 is 0 Å². The van der Waals surface area contributed by atoms with Gasteiger partial charge in [-0.15, -0.1) is 0 Å². The van der Waals surface area contributed by atoms with E-state index in [2.05, 4.69) is 41.4 Å². The standard InChI is InChI=1S/C22H27N3O3/c1-5-16-6-9-18(10-7-16)19(25(2)3)14-24-22(26)15-28-20-11-8-17(13-23)12-21(20)27-4/h6-12,19H,5,14-15H2,1-4H3,(H,24,26). The molecular weight excluding hydrogens is 354 g/mol. The number of aryl methyl sites for hydroxylation is 1. The maximum absolute atomic E-state index is 12.3. The zero-order valence-electron chi connectivity index (χ0n) is 16.9. The van der Waals surface area contributed by atoms with Crippen LogP contribution in [0.3, 0.4) is 0 Å². The number of hydrogen-bond acceptors (Lipinski definition) is 5. The molecule has 0 aromatic heterocycles. The summed E-state index contributed by atoms with van der Waals surface area (Å²) in [5.74, 6) is 0.633. The summed E-state index contributed by atoms with van der Waals surface area (Å²) in [4.78, 5) is 14.3. The third kappa shape index (κ3) is 5.73. The molecule has 2 aromatic rings. The Morgan fingerprint density at radius 1 is 1.18 bits per heavy atom. The second-order valence-corrected chi connectivity index (χ2v) is 6.64. The highest BCUT2D eigenvalue weighted by Crippen LogP contribution is 2.27. The van der Waals surface area contributed by atoms with E-state index in [0.717, 1.165) is 12.0 Å². The Bertz CT molecular complexity index is 826. The number of amides is 1. The van der Waals surface area contributed by atoms with E-state index in [9.17, 15) is 4.79 Å². The molecular formula is C22H27N3O3. The van der Waals surface area contributed by atoms with Gasteiger partial charge in [0.15, 0.2) is 18.1 Å². The van der Waals surface area contributed by atoms with E-state index < -0.39 is 0 Å². The van der Waals surface area contributed by atoms with Crippen molar-refractivity contribution < 1.29 is 14.3 Å². The number of hydrogen-bond donors (Lipinski definition) is 1. The Morgan fingerprint density at radius 2 is 1.89 bits per heavy atom. The van der Waals surface area contributed by atoms with Gasteiger partial charge in [0.05, 0.1) is 24.8 Å². The van der Waals surface area contributed by atoms with Gasteiger partial charge < -0.3 is 19.7 Å². The van der Waals surface area contributed by atoms with Gasteiger partial charge in [-0.05, 0) is 43.8 Å². The van der Waals surface area contributed by atoms with Crippen LogP contribution in [-0.4, -0.2) is 45.2 Å². The maximum atomic E-state index is 12.3. The molecule has 0 spiro atoms. The van der Waals surface area contributed by atoms with Crippen molar-refractivity contribution in [1.82, 2.24) is 10.2 Å². The maximum Gasteiger partial charge on any atom is 0.258 e. The SMILES string of the molecule is CCc1ccc(C(CNC(=O)COc2ccc(C#N)cc2OC)N(C)C)cc1. The Hall–Kier alpha value is -3.04. The molecule has 1 unspecified atom stereocenters. The number of nitrogens with zero attached hydrogens (tertiary/aromatic N) is 2. The van der Waals surface area contributed by atoms with Gasteiger partial charge in [-0.1, -0.05) is 31.2 Å². The molecule has 0 fully saturated rings. The van der Waals surface area contributed by atoms with E-state index in [1.807, 2.05) is 20.2 Å². The third-order valence-electron chi connectivity index (χ3n) is 4.54. The molecule has 2 rings (SSSR count). The van der Waals surface area contributed by atoms with Crippen LogP contribution in [-0.2, 0) is 11.2 Å². The first-order valence-electron chi connectivity index (χ1n) is 9.21. The summed E-state index contributed by atoms with van der Waals surface area (Å²) in [7, 11) is 5.47. The minimum Gasteiger partial charge on any atom is -0.493 e. The van der Waals surface area contributed by atoms with Crippen molar-refractivity contribution >= 4 is 5.91 Å². The quantitative estimate of drug-likeness (QED) is 0.723. The summed E-state index contributed by atoms with van der Waals surface area (Å²) >= 11 is 0. The van der Waals surface area contributed by atoms with Crippen LogP contribution in [0.1, 0.15) is 29.7 Å². The van der Waals surface area contributed by atoms with Crippen molar-refractivity contribution in [3.05, 3.63) is 59.2 Å². The first-order valence-corrected chi connectivity index (χ1v) is 9.21. The number of benzene rings is 2. The lowest BCUT2D eigenvalue weighted by atomic mass is 10.0. The van der Waals surface area contributed by atoms with Crippen LogP contribution in [0, 0.1) is 11.3 Å². The Kier molecular flexibility index (Phi) is 7.85. The van der Waals surface area contributed by atoms with Gasteiger partial charge in [-0.2, -0.15) is 5.26 Å². The molecule has 0 heterocycles. The van der Waals surface area contributed by atoms with Crippen LogP contribution in [0.4, 0.5) is 0 Å². The van der Waals surface area contributed by atoms with Gasteiger partial charge in [0.2, 0.25) is 0 Å². The zero-order valence-corrected chi connectivity index (χ0v) is 16.9. The highest BCUT2D eigenvalue weighted by atomic mass is 16.5. The van der Waals surface area contributed by atoms with Crippen LogP contribution in [0.25, 0.3) is 0 Å². The number of rotatable bonds is 9. The molecule has 6 heteroatoms. The van der Waals surface area contributed by atoms with Crippen LogP contribution < -0.4 is 14.8 Å². The van der Waals surface area contributed by atoms with Crippen molar-refractivity contribution in [3.63, 3.8) is 0 Å². The van der Waals surface area contributed by atoms with Crippen molar-refractivity contribution in [2.24, 2.45) is 0 Å². The molecule has 0 aliphatic rings. The average molecular weight is 381 g/mol. The van der Waals surface area contributed by atoms with E-state index in [0.29, 0.717) is 23.6 Å². The number of ether oxygens (including phenoxy) is 2.